The molecule has 1 aliphatic carbocycles. The van der Waals surface area contributed by atoms with Gasteiger partial charge in [0.25, 0.3) is 5.91 Å². The molecule has 0 bridgehead atoms. The summed E-state index contributed by atoms with van der Waals surface area (Å²) in [5, 5.41) is 6.24. The van der Waals surface area contributed by atoms with Crippen molar-refractivity contribution in [3.05, 3.63) is 29.3 Å². The molecule has 0 atom stereocenters. The highest BCUT2D eigenvalue weighted by atomic mass is 16.1. The van der Waals surface area contributed by atoms with Crippen molar-refractivity contribution in [1.82, 2.24) is 5.32 Å². The Hall–Kier alpha value is -1.51. The van der Waals surface area contributed by atoms with E-state index in [0.29, 0.717) is 6.04 Å². The van der Waals surface area contributed by atoms with Gasteiger partial charge in [-0.2, -0.15) is 0 Å². The molecule has 98 valence electrons. The molecule has 3 nitrogen and oxygen atoms in total. The van der Waals surface area contributed by atoms with Crippen molar-refractivity contribution in [2.45, 2.75) is 45.1 Å². The van der Waals surface area contributed by atoms with Gasteiger partial charge in [0.1, 0.15) is 0 Å². The van der Waals surface area contributed by atoms with E-state index >= 15 is 0 Å². The number of rotatable bonds is 3. The molecule has 0 aliphatic heterocycles. The van der Waals surface area contributed by atoms with Crippen LogP contribution in [0.3, 0.4) is 0 Å². The Bertz CT molecular complexity index is 423. The largest absolute Gasteiger partial charge is 0.387 e. The summed E-state index contributed by atoms with van der Waals surface area (Å²) in [6.45, 7) is 2.03. The van der Waals surface area contributed by atoms with Gasteiger partial charge in [-0.15, -0.1) is 0 Å². The van der Waals surface area contributed by atoms with E-state index in [-0.39, 0.29) is 5.91 Å². The number of nitrogens with one attached hydrogen (secondary N) is 2. The lowest BCUT2D eigenvalue weighted by molar-refractivity contribution is 0.0928. The van der Waals surface area contributed by atoms with Gasteiger partial charge in [0.05, 0.1) is 5.56 Å². The number of hydrogen-bond acceptors (Lipinski definition) is 2. The van der Waals surface area contributed by atoms with Gasteiger partial charge in [0.2, 0.25) is 0 Å². The lowest BCUT2D eigenvalue weighted by Crippen LogP contribution is -2.36. The molecule has 1 aromatic carbocycles. The zero-order valence-corrected chi connectivity index (χ0v) is 11.3. The highest BCUT2D eigenvalue weighted by molar-refractivity contribution is 5.99. The van der Waals surface area contributed by atoms with E-state index in [9.17, 15) is 4.79 Å². The van der Waals surface area contributed by atoms with Crippen LogP contribution in [-0.2, 0) is 0 Å². The zero-order chi connectivity index (χ0) is 13.0. The molecule has 1 aliphatic rings. The molecule has 18 heavy (non-hydrogen) atoms. The van der Waals surface area contributed by atoms with Crippen LogP contribution in [0.5, 0.6) is 0 Å². The zero-order valence-electron chi connectivity index (χ0n) is 11.3. The van der Waals surface area contributed by atoms with Crippen molar-refractivity contribution in [1.29, 1.82) is 0 Å². The van der Waals surface area contributed by atoms with Gasteiger partial charge in [-0.25, -0.2) is 0 Å². The summed E-state index contributed by atoms with van der Waals surface area (Å²) in [5.41, 5.74) is 2.81. The molecule has 0 heterocycles. The van der Waals surface area contributed by atoms with Crippen LogP contribution in [0, 0.1) is 6.92 Å². The molecule has 0 saturated heterocycles. The van der Waals surface area contributed by atoms with Crippen LogP contribution in [0.2, 0.25) is 0 Å². The summed E-state index contributed by atoms with van der Waals surface area (Å²) in [6.07, 6.45) is 6.01. The molecule has 2 N–H and O–H groups in total. The molecule has 1 aromatic rings. The summed E-state index contributed by atoms with van der Waals surface area (Å²) in [7, 11) is 1.85. The molecule has 0 radical (unpaired) electrons. The topological polar surface area (TPSA) is 41.1 Å². The summed E-state index contributed by atoms with van der Waals surface area (Å²) >= 11 is 0. The Kier molecular flexibility index (Phi) is 4.24. The SMILES string of the molecule is CNc1cc(C)ccc1C(=O)NC1CCCCC1. The Balaban J connectivity index is 2.08. The first-order valence-electron chi connectivity index (χ1n) is 6.80. The van der Waals surface area contributed by atoms with Gasteiger partial charge >= 0.3 is 0 Å². The number of carbonyl (C=O) groups is 1. The second kappa shape index (κ2) is 5.89. The fourth-order valence-corrected chi connectivity index (χ4v) is 2.57. The Labute approximate surface area is 109 Å². The number of anilines is 1. The van der Waals surface area contributed by atoms with Gasteiger partial charge in [-0.05, 0) is 37.5 Å². The summed E-state index contributed by atoms with van der Waals surface area (Å²) in [5.74, 6) is 0.0475. The first-order chi connectivity index (χ1) is 8.70. The molecule has 1 fully saturated rings. The summed E-state index contributed by atoms with van der Waals surface area (Å²) < 4.78 is 0. The lowest BCUT2D eigenvalue weighted by Gasteiger charge is -2.23. The predicted octanol–water partition coefficient (Wildman–Crippen LogP) is 3.10. The molecular weight excluding hydrogens is 224 g/mol. The highest BCUT2D eigenvalue weighted by Crippen LogP contribution is 2.20. The Morgan fingerprint density at radius 1 is 1.22 bits per heavy atom. The molecule has 0 aromatic heterocycles. The Morgan fingerprint density at radius 3 is 2.61 bits per heavy atom. The van der Waals surface area contributed by atoms with Crippen molar-refractivity contribution in [3.8, 4) is 0 Å². The number of amides is 1. The van der Waals surface area contributed by atoms with Crippen LogP contribution < -0.4 is 10.6 Å². The monoisotopic (exact) mass is 246 g/mol. The normalized spacial score (nSPS) is 16.3. The molecule has 1 saturated carbocycles. The predicted molar refractivity (Wildman–Crippen MR) is 75.1 cm³/mol. The minimum atomic E-state index is 0.0475. The van der Waals surface area contributed by atoms with Gasteiger partial charge in [0, 0.05) is 18.8 Å². The maximum absolute atomic E-state index is 12.3. The van der Waals surface area contributed by atoms with Crippen molar-refractivity contribution in [3.63, 3.8) is 0 Å². The molecule has 1 amide bonds. The van der Waals surface area contributed by atoms with Crippen molar-refractivity contribution >= 4 is 11.6 Å². The minimum Gasteiger partial charge on any atom is -0.387 e. The number of carbonyl (C=O) groups excluding carboxylic acids is 1. The highest BCUT2D eigenvalue weighted by Gasteiger charge is 2.18. The third kappa shape index (κ3) is 3.03. The number of aryl methyl sites for hydroxylation is 1. The van der Waals surface area contributed by atoms with Crippen LogP contribution >= 0.6 is 0 Å². The average molecular weight is 246 g/mol. The molecule has 0 unspecified atom stereocenters. The van der Waals surface area contributed by atoms with Crippen LogP contribution in [0.4, 0.5) is 5.69 Å². The molecule has 3 heteroatoms. The number of benzene rings is 1. The maximum atomic E-state index is 12.3. The third-order valence-electron chi connectivity index (χ3n) is 3.63. The quantitative estimate of drug-likeness (QED) is 0.860. The standard InChI is InChI=1S/C15H22N2O/c1-11-8-9-13(14(10-11)16-2)15(18)17-12-6-4-3-5-7-12/h8-10,12,16H,3-7H2,1-2H3,(H,17,18). The fraction of sp³-hybridized carbons (Fsp3) is 0.533. The number of hydrogen-bond donors (Lipinski definition) is 2. The molecular formula is C15H22N2O. The van der Waals surface area contributed by atoms with Gasteiger partial charge in [-0.3, -0.25) is 4.79 Å². The van der Waals surface area contributed by atoms with Gasteiger partial charge < -0.3 is 10.6 Å². The lowest BCUT2D eigenvalue weighted by atomic mass is 9.95. The van der Waals surface area contributed by atoms with Crippen molar-refractivity contribution in [2.24, 2.45) is 0 Å². The van der Waals surface area contributed by atoms with Gasteiger partial charge in [-0.1, -0.05) is 25.3 Å². The van der Waals surface area contributed by atoms with E-state index in [1.807, 2.05) is 32.2 Å². The van der Waals surface area contributed by atoms with E-state index in [1.54, 1.807) is 0 Å². The second-order valence-corrected chi connectivity index (χ2v) is 5.11. The van der Waals surface area contributed by atoms with Crippen LogP contribution in [0.25, 0.3) is 0 Å². The first-order valence-corrected chi connectivity index (χ1v) is 6.80. The second-order valence-electron chi connectivity index (χ2n) is 5.11. The van der Waals surface area contributed by atoms with E-state index in [0.717, 1.165) is 29.7 Å². The van der Waals surface area contributed by atoms with E-state index in [2.05, 4.69) is 10.6 Å². The summed E-state index contributed by atoms with van der Waals surface area (Å²) in [4.78, 5) is 12.3. The van der Waals surface area contributed by atoms with Gasteiger partial charge in [0.15, 0.2) is 0 Å². The van der Waals surface area contributed by atoms with Crippen molar-refractivity contribution < 1.29 is 4.79 Å². The average Bonchev–Trinajstić information content (AvgIpc) is 2.39. The smallest absolute Gasteiger partial charge is 0.253 e. The first kappa shape index (κ1) is 12.9. The van der Waals surface area contributed by atoms with E-state index in [4.69, 9.17) is 0 Å². The molecule has 2 rings (SSSR count). The summed E-state index contributed by atoms with van der Waals surface area (Å²) in [6, 6.07) is 6.25. The fourth-order valence-electron chi connectivity index (χ4n) is 2.57. The third-order valence-corrected chi connectivity index (χ3v) is 3.63. The molecule has 0 spiro atoms. The minimum absolute atomic E-state index is 0.0475. The van der Waals surface area contributed by atoms with Crippen LogP contribution in [0.15, 0.2) is 18.2 Å². The van der Waals surface area contributed by atoms with E-state index in [1.165, 1.54) is 19.3 Å². The van der Waals surface area contributed by atoms with E-state index < -0.39 is 0 Å². The van der Waals surface area contributed by atoms with Crippen LogP contribution in [0.1, 0.15) is 48.0 Å². The van der Waals surface area contributed by atoms with Crippen LogP contribution in [-0.4, -0.2) is 19.0 Å². The Morgan fingerprint density at radius 2 is 1.94 bits per heavy atom. The van der Waals surface area contributed by atoms with Crippen molar-refractivity contribution in [2.75, 3.05) is 12.4 Å². The maximum Gasteiger partial charge on any atom is 0.253 e.